The molecule has 3 rings (SSSR count). The van der Waals surface area contributed by atoms with E-state index >= 15 is 0 Å². The average molecular weight is 282 g/mol. The Morgan fingerprint density at radius 1 is 1.24 bits per heavy atom. The molecule has 0 amide bonds. The monoisotopic (exact) mass is 282 g/mol. The van der Waals surface area contributed by atoms with Gasteiger partial charge in [-0.3, -0.25) is 10.1 Å². The normalized spacial score (nSPS) is 15.4. The number of non-ortho nitro benzene ring substituents is 1. The van der Waals surface area contributed by atoms with E-state index in [0.717, 1.165) is 18.2 Å². The third-order valence-electron chi connectivity index (χ3n) is 4.00. The van der Waals surface area contributed by atoms with Crippen molar-refractivity contribution in [3.8, 4) is 11.8 Å². The van der Waals surface area contributed by atoms with Crippen LogP contribution in [0.5, 0.6) is 5.75 Å². The number of benzene rings is 2. The van der Waals surface area contributed by atoms with Crippen LogP contribution in [0.15, 0.2) is 36.4 Å². The molecule has 0 heterocycles. The van der Waals surface area contributed by atoms with Crippen molar-refractivity contribution >= 4 is 16.5 Å². The Balaban J connectivity index is 1.92. The van der Waals surface area contributed by atoms with Gasteiger partial charge in [-0.25, -0.2) is 0 Å². The van der Waals surface area contributed by atoms with Crippen molar-refractivity contribution in [3.63, 3.8) is 0 Å². The van der Waals surface area contributed by atoms with Crippen LogP contribution >= 0.6 is 0 Å². The maximum Gasteiger partial charge on any atom is 0.277 e. The molecule has 0 aliphatic heterocycles. The number of hydrogen-bond acceptors (Lipinski definition) is 4. The van der Waals surface area contributed by atoms with Crippen LogP contribution < -0.4 is 4.74 Å². The van der Waals surface area contributed by atoms with Crippen LogP contribution in [0.2, 0.25) is 0 Å². The molecule has 0 aromatic heterocycles. The fourth-order valence-electron chi connectivity index (χ4n) is 2.49. The van der Waals surface area contributed by atoms with Gasteiger partial charge in [0.15, 0.2) is 0 Å². The molecule has 21 heavy (non-hydrogen) atoms. The van der Waals surface area contributed by atoms with Gasteiger partial charge >= 0.3 is 0 Å². The third kappa shape index (κ3) is 2.52. The second-order valence-electron chi connectivity index (χ2n) is 5.51. The van der Waals surface area contributed by atoms with Gasteiger partial charge in [-0.15, -0.1) is 0 Å². The van der Waals surface area contributed by atoms with Crippen molar-refractivity contribution < 1.29 is 9.66 Å². The van der Waals surface area contributed by atoms with Gasteiger partial charge in [-0.05, 0) is 25.0 Å². The molecule has 106 valence electrons. The molecule has 1 fully saturated rings. The Kier molecular flexibility index (Phi) is 3.22. The van der Waals surface area contributed by atoms with Gasteiger partial charge in [0.1, 0.15) is 5.75 Å². The lowest BCUT2D eigenvalue weighted by Crippen LogP contribution is -2.12. The van der Waals surface area contributed by atoms with Crippen LogP contribution in [-0.4, -0.2) is 11.5 Å². The van der Waals surface area contributed by atoms with Crippen molar-refractivity contribution in [1.82, 2.24) is 0 Å². The predicted molar refractivity (Wildman–Crippen MR) is 78.0 cm³/mol. The molecule has 2 aromatic rings. The zero-order valence-corrected chi connectivity index (χ0v) is 11.4. The van der Waals surface area contributed by atoms with Crippen molar-refractivity contribution in [2.24, 2.45) is 5.41 Å². The van der Waals surface area contributed by atoms with Gasteiger partial charge in [-0.1, -0.05) is 18.2 Å². The highest BCUT2D eigenvalue weighted by Gasteiger charge is 2.43. The van der Waals surface area contributed by atoms with Crippen LogP contribution in [0.1, 0.15) is 19.3 Å². The second-order valence-corrected chi connectivity index (χ2v) is 5.51. The molecular formula is C16H14N2O3. The Bertz CT molecular complexity index is 745. The Hall–Kier alpha value is -2.61. The van der Waals surface area contributed by atoms with Crippen molar-refractivity contribution in [2.75, 3.05) is 6.61 Å². The molecule has 1 aliphatic rings. The third-order valence-corrected chi connectivity index (χ3v) is 4.00. The summed E-state index contributed by atoms with van der Waals surface area (Å²) in [6.45, 7) is 0.488. The van der Waals surface area contributed by atoms with Gasteiger partial charge in [0, 0.05) is 23.3 Å². The SMILES string of the molecule is N#CCC1(COc2ccc([N+](=O)[O-])c3ccccc23)CC1. The quantitative estimate of drug-likeness (QED) is 0.617. The Labute approximate surface area is 121 Å². The first-order valence-electron chi connectivity index (χ1n) is 6.81. The molecule has 0 N–H and O–H groups in total. The fraction of sp³-hybridized carbons (Fsp3) is 0.312. The largest absolute Gasteiger partial charge is 0.492 e. The number of nitro groups is 1. The maximum absolute atomic E-state index is 11.1. The number of nitriles is 1. The van der Waals surface area contributed by atoms with Crippen LogP contribution in [0.4, 0.5) is 5.69 Å². The Morgan fingerprint density at radius 2 is 1.95 bits per heavy atom. The lowest BCUT2D eigenvalue weighted by Gasteiger charge is -2.14. The molecule has 2 aromatic carbocycles. The van der Waals surface area contributed by atoms with E-state index in [1.807, 2.05) is 12.1 Å². The highest BCUT2D eigenvalue weighted by atomic mass is 16.6. The van der Waals surface area contributed by atoms with E-state index in [-0.39, 0.29) is 16.0 Å². The number of nitrogens with zero attached hydrogens (tertiary/aromatic N) is 2. The van der Waals surface area contributed by atoms with E-state index in [1.54, 1.807) is 18.2 Å². The van der Waals surface area contributed by atoms with Crippen LogP contribution in [-0.2, 0) is 0 Å². The van der Waals surface area contributed by atoms with Crippen LogP contribution in [0, 0.1) is 26.9 Å². The molecule has 1 saturated carbocycles. The summed E-state index contributed by atoms with van der Waals surface area (Å²) in [6.07, 6.45) is 2.51. The van der Waals surface area contributed by atoms with Gasteiger partial charge in [-0.2, -0.15) is 5.26 Å². The predicted octanol–water partition coefficient (Wildman–Crippen LogP) is 3.82. The Morgan fingerprint density at radius 3 is 2.57 bits per heavy atom. The molecule has 5 heteroatoms. The number of fused-ring (bicyclic) bond motifs is 1. The number of hydrogen-bond donors (Lipinski definition) is 0. The average Bonchev–Trinajstić information content (AvgIpc) is 3.25. The summed E-state index contributed by atoms with van der Waals surface area (Å²) < 4.78 is 5.86. The molecule has 0 radical (unpaired) electrons. The molecule has 5 nitrogen and oxygen atoms in total. The molecule has 0 bridgehead atoms. The molecule has 0 saturated heterocycles. The minimum absolute atomic E-state index is 0.0162. The smallest absolute Gasteiger partial charge is 0.277 e. The second kappa shape index (κ2) is 5.06. The first kappa shape index (κ1) is 13.4. The van der Waals surface area contributed by atoms with E-state index in [1.165, 1.54) is 6.07 Å². The van der Waals surface area contributed by atoms with Crippen LogP contribution in [0.25, 0.3) is 10.8 Å². The summed E-state index contributed by atoms with van der Waals surface area (Å²) in [5.41, 5.74) is 0.0635. The van der Waals surface area contributed by atoms with Gasteiger partial charge in [0.25, 0.3) is 5.69 Å². The first-order chi connectivity index (χ1) is 10.2. The fourth-order valence-corrected chi connectivity index (χ4v) is 2.49. The highest BCUT2D eigenvalue weighted by Crippen LogP contribution is 2.49. The van der Waals surface area contributed by atoms with E-state index in [4.69, 9.17) is 10.00 Å². The van der Waals surface area contributed by atoms with Crippen LogP contribution in [0.3, 0.4) is 0 Å². The van der Waals surface area contributed by atoms with E-state index in [0.29, 0.717) is 24.2 Å². The zero-order valence-electron chi connectivity index (χ0n) is 11.4. The molecule has 0 spiro atoms. The standard InChI is InChI=1S/C16H14N2O3/c17-10-9-16(7-8-16)11-21-15-6-5-14(18(19)20)12-3-1-2-4-13(12)15/h1-6H,7-9,11H2. The summed E-state index contributed by atoms with van der Waals surface area (Å²) in [6, 6.07) is 12.5. The van der Waals surface area contributed by atoms with E-state index < -0.39 is 0 Å². The lowest BCUT2D eigenvalue weighted by atomic mass is 10.0. The number of ether oxygens (including phenoxy) is 1. The van der Waals surface area contributed by atoms with E-state index in [9.17, 15) is 10.1 Å². The minimum Gasteiger partial charge on any atom is -0.492 e. The molecule has 1 aliphatic carbocycles. The minimum atomic E-state index is -0.385. The van der Waals surface area contributed by atoms with Gasteiger partial charge in [0.05, 0.1) is 23.0 Å². The molecular weight excluding hydrogens is 268 g/mol. The summed E-state index contributed by atoms with van der Waals surface area (Å²) in [7, 11) is 0. The first-order valence-corrected chi connectivity index (χ1v) is 6.81. The zero-order chi connectivity index (χ0) is 14.9. The van der Waals surface area contributed by atoms with Crippen molar-refractivity contribution in [1.29, 1.82) is 5.26 Å². The molecule has 0 atom stereocenters. The highest BCUT2D eigenvalue weighted by molar-refractivity contribution is 5.95. The summed E-state index contributed by atoms with van der Waals surface area (Å²) in [4.78, 5) is 10.7. The van der Waals surface area contributed by atoms with Gasteiger partial charge < -0.3 is 4.74 Å². The number of rotatable bonds is 5. The van der Waals surface area contributed by atoms with Gasteiger partial charge in [0.2, 0.25) is 0 Å². The summed E-state index contributed by atoms with van der Waals surface area (Å²) in [5, 5.41) is 21.2. The number of nitro benzene ring substituents is 1. The van der Waals surface area contributed by atoms with Crippen molar-refractivity contribution in [2.45, 2.75) is 19.3 Å². The van der Waals surface area contributed by atoms with Crippen molar-refractivity contribution in [3.05, 3.63) is 46.5 Å². The van der Waals surface area contributed by atoms with E-state index in [2.05, 4.69) is 6.07 Å². The summed E-state index contributed by atoms with van der Waals surface area (Å²) in [5.74, 6) is 0.639. The summed E-state index contributed by atoms with van der Waals surface area (Å²) >= 11 is 0. The maximum atomic E-state index is 11.1. The topological polar surface area (TPSA) is 76.2 Å². The molecule has 0 unspecified atom stereocenters. The lowest BCUT2D eigenvalue weighted by molar-refractivity contribution is -0.383.